The van der Waals surface area contributed by atoms with E-state index in [1.807, 2.05) is 58.0 Å². The van der Waals surface area contributed by atoms with Crippen LogP contribution in [0.25, 0.3) is 11.0 Å². The first kappa shape index (κ1) is 24.1. The van der Waals surface area contributed by atoms with Crippen LogP contribution in [0.5, 0.6) is 0 Å². The summed E-state index contributed by atoms with van der Waals surface area (Å²) in [6.07, 6.45) is 1.36. The van der Waals surface area contributed by atoms with Crippen molar-refractivity contribution < 1.29 is 4.79 Å². The number of benzene rings is 3. The third-order valence-corrected chi connectivity index (χ3v) is 7.09. The zero-order chi connectivity index (χ0) is 25.1. The van der Waals surface area contributed by atoms with Gasteiger partial charge >= 0.3 is 0 Å². The SMILES string of the molecule is Cc1ccc(Cn2c(=O)c(N3CCC(C(=O)NCc4ccc(Cl)cc4)CC3)nc3ccccc32)cc1. The van der Waals surface area contributed by atoms with Gasteiger partial charge in [0, 0.05) is 30.6 Å². The Hall–Kier alpha value is -3.64. The van der Waals surface area contributed by atoms with Crippen LogP contribution < -0.4 is 15.8 Å². The van der Waals surface area contributed by atoms with Gasteiger partial charge in [-0.15, -0.1) is 0 Å². The molecule has 6 nitrogen and oxygen atoms in total. The van der Waals surface area contributed by atoms with E-state index >= 15 is 0 Å². The molecule has 0 radical (unpaired) electrons. The van der Waals surface area contributed by atoms with Gasteiger partial charge < -0.3 is 10.2 Å². The summed E-state index contributed by atoms with van der Waals surface area (Å²) < 4.78 is 1.81. The van der Waals surface area contributed by atoms with Crippen molar-refractivity contribution in [3.63, 3.8) is 0 Å². The van der Waals surface area contributed by atoms with Crippen molar-refractivity contribution >= 4 is 34.4 Å². The normalized spacial score (nSPS) is 14.2. The van der Waals surface area contributed by atoms with E-state index in [-0.39, 0.29) is 17.4 Å². The highest BCUT2D eigenvalue weighted by atomic mass is 35.5. The average Bonchev–Trinajstić information content (AvgIpc) is 2.91. The second kappa shape index (κ2) is 10.5. The maximum atomic E-state index is 13.6. The summed E-state index contributed by atoms with van der Waals surface area (Å²) in [5, 5.41) is 3.72. The molecule has 1 aromatic heterocycles. The Morgan fingerprint density at radius 1 is 0.972 bits per heavy atom. The maximum Gasteiger partial charge on any atom is 0.294 e. The van der Waals surface area contributed by atoms with Gasteiger partial charge in [0.05, 0.1) is 17.6 Å². The molecule has 184 valence electrons. The minimum Gasteiger partial charge on any atom is -0.352 e. The summed E-state index contributed by atoms with van der Waals surface area (Å²) >= 11 is 5.94. The number of rotatable bonds is 6. The lowest BCUT2D eigenvalue weighted by Crippen LogP contribution is -2.43. The number of hydrogen-bond acceptors (Lipinski definition) is 4. The van der Waals surface area contributed by atoms with Crippen molar-refractivity contribution in [2.24, 2.45) is 5.92 Å². The number of para-hydroxylation sites is 2. The average molecular weight is 501 g/mol. The number of carbonyl (C=O) groups excluding carboxylic acids is 1. The Bertz CT molecular complexity index is 1420. The second-order valence-corrected chi connectivity index (χ2v) is 9.84. The van der Waals surface area contributed by atoms with Crippen molar-refractivity contribution in [1.29, 1.82) is 0 Å². The molecule has 7 heteroatoms. The van der Waals surface area contributed by atoms with E-state index in [1.54, 1.807) is 0 Å². The van der Waals surface area contributed by atoms with Crippen LogP contribution in [-0.2, 0) is 17.9 Å². The van der Waals surface area contributed by atoms with Crippen LogP contribution in [-0.4, -0.2) is 28.5 Å². The predicted octanol–water partition coefficient (Wildman–Crippen LogP) is 4.94. The van der Waals surface area contributed by atoms with Gasteiger partial charge in [-0.1, -0.05) is 65.7 Å². The molecule has 1 saturated heterocycles. The van der Waals surface area contributed by atoms with Crippen molar-refractivity contribution in [1.82, 2.24) is 14.9 Å². The van der Waals surface area contributed by atoms with E-state index < -0.39 is 0 Å². The van der Waals surface area contributed by atoms with Gasteiger partial charge in [-0.05, 0) is 55.2 Å². The molecule has 1 N–H and O–H groups in total. The molecular formula is C29H29ClN4O2. The molecule has 0 saturated carbocycles. The first-order valence-electron chi connectivity index (χ1n) is 12.3. The van der Waals surface area contributed by atoms with Crippen LogP contribution in [0.3, 0.4) is 0 Å². The van der Waals surface area contributed by atoms with Crippen LogP contribution >= 0.6 is 11.6 Å². The molecule has 5 rings (SSSR count). The topological polar surface area (TPSA) is 67.2 Å². The molecule has 0 aliphatic carbocycles. The molecule has 1 aliphatic heterocycles. The fourth-order valence-electron chi connectivity index (χ4n) is 4.71. The molecule has 2 heterocycles. The Labute approximate surface area is 215 Å². The number of aromatic nitrogens is 2. The Balaban J connectivity index is 1.31. The highest BCUT2D eigenvalue weighted by Crippen LogP contribution is 2.23. The number of fused-ring (bicyclic) bond motifs is 1. The van der Waals surface area contributed by atoms with Crippen molar-refractivity contribution in [3.05, 3.63) is 105 Å². The molecular weight excluding hydrogens is 472 g/mol. The highest BCUT2D eigenvalue weighted by Gasteiger charge is 2.27. The van der Waals surface area contributed by atoms with Crippen LogP contribution in [0.1, 0.15) is 29.5 Å². The minimum absolute atomic E-state index is 0.0489. The van der Waals surface area contributed by atoms with Crippen LogP contribution in [0, 0.1) is 12.8 Å². The largest absolute Gasteiger partial charge is 0.352 e. The lowest BCUT2D eigenvalue weighted by Gasteiger charge is -2.32. The van der Waals surface area contributed by atoms with Crippen LogP contribution in [0.4, 0.5) is 5.82 Å². The zero-order valence-corrected chi connectivity index (χ0v) is 21.0. The minimum atomic E-state index is -0.0973. The van der Waals surface area contributed by atoms with Gasteiger partial charge in [-0.25, -0.2) is 4.98 Å². The quantitative estimate of drug-likeness (QED) is 0.407. The van der Waals surface area contributed by atoms with E-state index in [0.717, 1.165) is 22.2 Å². The second-order valence-electron chi connectivity index (χ2n) is 9.41. The van der Waals surface area contributed by atoms with Crippen molar-refractivity contribution in [2.75, 3.05) is 18.0 Å². The van der Waals surface area contributed by atoms with E-state index in [0.29, 0.717) is 49.9 Å². The van der Waals surface area contributed by atoms with Crippen LogP contribution in [0.2, 0.25) is 5.02 Å². The fourth-order valence-corrected chi connectivity index (χ4v) is 4.83. The van der Waals surface area contributed by atoms with E-state index in [4.69, 9.17) is 16.6 Å². The third-order valence-electron chi connectivity index (χ3n) is 6.84. The molecule has 1 aliphatic rings. The highest BCUT2D eigenvalue weighted by molar-refractivity contribution is 6.30. The molecule has 0 bridgehead atoms. The Morgan fingerprint density at radius 3 is 2.36 bits per heavy atom. The van der Waals surface area contributed by atoms with Crippen molar-refractivity contribution in [3.8, 4) is 0 Å². The monoisotopic (exact) mass is 500 g/mol. The standard InChI is InChI=1S/C29H29ClN4O2/c1-20-6-8-22(9-7-20)19-34-26-5-3-2-4-25(26)32-27(29(34)36)33-16-14-23(15-17-33)28(35)31-18-21-10-12-24(30)13-11-21/h2-13,23H,14-19H2,1H3,(H,31,35). The number of anilines is 1. The molecule has 0 spiro atoms. The summed E-state index contributed by atoms with van der Waals surface area (Å²) in [7, 11) is 0. The molecule has 3 aromatic carbocycles. The molecule has 1 fully saturated rings. The van der Waals surface area contributed by atoms with Gasteiger partial charge in [0.15, 0.2) is 5.82 Å². The lowest BCUT2D eigenvalue weighted by molar-refractivity contribution is -0.125. The van der Waals surface area contributed by atoms with Gasteiger partial charge in [0.25, 0.3) is 5.56 Å². The van der Waals surface area contributed by atoms with E-state index in [1.165, 1.54) is 5.56 Å². The van der Waals surface area contributed by atoms with Crippen molar-refractivity contribution in [2.45, 2.75) is 32.9 Å². The summed E-state index contributed by atoms with van der Waals surface area (Å²) in [6, 6.07) is 23.5. The number of amides is 1. The number of nitrogens with zero attached hydrogens (tertiary/aromatic N) is 3. The number of carbonyl (C=O) groups is 1. The predicted molar refractivity (Wildman–Crippen MR) is 145 cm³/mol. The summed E-state index contributed by atoms with van der Waals surface area (Å²) in [6.45, 7) is 4.25. The first-order chi connectivity index (χ1) is 17.5. The van der Waals surface area contributed by atoms with E-state index in [2.05, 4.69) is 36.5 Å². The maximum absolute atomic E-state index is 13.6. The Morgan fingerprint density at radius 2 is 1.64 bits per heavy atom. The molecule has 0 atom stereocenters. The number of hydrogen-bond donors (Lipinski definition) is 1. The van der Waals surface area contributed by atoms with Gasteiger partial charge in [-0.2, -0.15) is 0 Å². The fraction of sp³-hybridized carbons (Fsp3) is 0.276. The summed E-state index contributed by atoms with van der Waals surface area (Å²) in [4.78, 5) is 33.2. The van der Waals surface area contributed by atoms with Crippen LogP contribution in [0.15, 0.2) is 77.6 Å². The summed E-state index contributed by atoms with van der Waals surface area (Å²) in [5.41, 5.74) is 4.79. The number of piperidine rings is 1. The first-order valence-corrected chi connectivity index (χ1v) is 12.7. The Kier molecular flexibility index (Phi) is 7.05. The third kappa shape index (κ3) is 5.29. The lowest BCUT2D eigenvalue weighted by atomic mass is 9.96. The summed E-state index contributed by atoms with van der Waals surface area (Å²) in [5.74, 6) is 0.428. The zero-order valence-electron chi connectivity index (χ0n) is 20.3. The molecule has 1 amide bonds. The molecule has 36 heavy (non-hydrogen) atoms. The number of nitrogens with one attached hydrogen (secondary N) is 1. The molecule has 4 aromatic rings. The van der Waals surface area contributed by atoms with E-state index in [9.17, 15) is 9.59 Å². The van der Waals surface area contributed by atoms with Gasteiger partial charge in [0.1, 0.15) is 0 Å². The van der Waals surface area contributed by atoms with Gasteiger partial charge in [0.2, 0.25) is 5.91 Å². The molecule has 0 unspecified atom stereocenters. The van der Waals surface area contributed by atoms with Gasteiger partial charge in [-0.3, -0.25) is 14.2 Å². The number of halogens is 1. The smallest absolute Gasteiger partial charge is 0.294 e. The number of aryl methyl sites for hydroxylation is 1.